The molecule has 0 unspecified atom stereocenters. The minimum atomic E-state index is 0.675. The number of halogens is 1. The molecular weight excluding hydrogens is 186 g/mol. The van der Waals surface area contributed by atoms with E-state index < -0.39 is 0 Å². The van der Waals surface area contributed by atoms with Gasteiger partial charge < -0.3 is 9.88 Å². The highest BCUT2D eigenvalue weighted by Gasteiger charge is 2.20. The zero-order valence-electron chi connectivity index (χ0n) is 7.76. The molecule has 1 fully saturated rings. The lowest BCUT2D eigenvalue weighted by molar-refractivity contribution is 0.340. The Balaban J connectivity index is 2.11. The van der Waals surface area contributed by atoms with E-state index in [1.54, 1.807) is 0 Å². The molecule has 0 aromatic carbocycles. The van der Waals surface area contributed by atoms with Gasteiger partial charge in [0.05, 0.1) is 12.0 Å². The summed E-state index contributed by atoms with van der Waals surface area (Å²) in [5.41, 5.74) is 1.19. The van der Waals surface area contributed by atoms with Crippen molar-refractivity contribution in [3.8, 4) is 0 Å². The van der Waals surface area contributed by atoms with Gasteiger partial charge >= 0.3 is 0 Å². The monoisotopic (exact) mass is 199 g/mol. The molecule has 1 aromatic rings. The van der Waals surface area contributed by atoms with Crippen molar-refractivity contribution in [3.63, 3.8) is 0 Å². The Bertz CT molecular complexity index is 291. The van der Waals surface area contributed by atoms with Crippen LogP contribution in [-0.2, 0) is 13.0 Å². The molecule has 2 heterocycles. The summed E-state index contributed by atoms with van der Waals surface area (Å²) in [4.78, 5) is 4.11. The molecule has 0 atom stereocenters. The van der Waals surface area contributed by atoms with Gasteiger partial charge in [-0.1, -0.05) is 11.6 Å². The molecule has 13 heavy (non-hydrogen) atoms. The number of hydrogen-bond acceptors (Lipinski definition) is 2. The van der Waals surface area contributed by atoms with Crippen LogP contribution in [0.3, 0.4) is 0 Å². The van der Waals surface area contributed by atoms with Gasteiger partial charge in [0.15, 0.2) is 0 Å². The molecule has 1 aromatic heterocycles. The lowest BCUT2D eigenvalue weighted by atomic mass is 9.98. The largest absolute Gasteiger partial charge is 0.333 e. The molecule has 3 nitrogen and oxygen atoms in total. The molecule has 1 aliphatic heterocycles. The van der Waals surface area contributed by atoms with E-state index in [2.05, 4.69) is 21.8 Å². The molecular formula is C9H14ClN3. The first-order chi connectivity index (χ1) is 6.31. The van der Waals surface area contributed by atoms with Crippen LogP contribution < -0.4 is 5.32 Å². The van der Waals surface area contributed by atoms with Crippen LogP contribution in [0, 0.1) is 5.92 Å². The molecule has 4 heteroatoms. The molecule has 0 saturated carbocycles. The lowest BCUT2D eigenvalue weighted by Crippen LogP contribution is -2.43. The first-order valence-corrected chi connectivity index (χ1v) is 5.09. The van der Waals surface area contributed by atoms with Gasteiger partial charge in [-0.25, -0.2) is 4.98 Å². The third kappa shape index (κ3) is 1.71. The number of aromatic nitrogens is 2. The molecule has 1 saturated heterocycles. The molecule has 1 aliphatic rings. The molecule has 0 amide bonds. The van der Waals surface area contributed by atoms with Crippen LogP contribution in [0.4, 0.5) is 0 Å². The Morgan fingerprint density at radius 2 is 2.46 bits per heavy atom. The van der Waals surface area contributed by atoms with Gasteiger partial charge in [-0.3, -0.25) is 0 Å². The Morgan fingerprint density at radius 3 is 3.00 bits per heavy atom. The fourth-order valence-electron chi connectivity index (χ4n) is 1.62. The van der Waals surface area contributed by atoms with E-state index in [0.29, 0.717) is 5.15 Å². The average molecular weight is 200 g/mol. The Morgan fingerprint density at radius 1 is 1.69 bits per heavy atom. The highest BCUT2D eigenvalue weighted by atomic mass is 35.5. The standard InChI is InChI=1S/C9H14ClN3/c1-2-13-6-12-9(10)8(13)3-7-4-11-5-7/h6-7,11H,2-5H2,1H3. The number of nitrogens with one attached hydrogen (secondary N) is 1. The summed E-state index contributed by atoms with van der Waals surface area (Å²) >= 11 is 6.00. The quantitative estimate of drug-likeness (QED) is 0.796. The minimum Gasteiger partial charge on any atom is -0.333 e. The summed E-state index contributed by atoms with van der Waals surface area (Å²) in [6.45, 7) is 5.30. The van der Waals surface area contributed by atoms with Crippen LogP contribution in [0.25, 0.3) is 0 Å². The molecule has 0 bridgehead atoms. The second-order valence-corrected chi connectivity index (χ2v) is 3.85. The van der Waals surface area contributed by atoms with Gasteiger partial charge in [0.2, 0.25) is 0 Å². The minimum absolute atomic E-state index is 0.675. The van der Waals surface area contributed by atoms with Crippen molar-refractivity contribution >= 4 is 11.6 Å². The van der Waals surface area contributed by atoms with Crippen molar-refractivity contribution in [2.45, 2.75) is 19.9 Å². The number of aryl methyl sites for hydroxylation is 1. The van der Waals surface area contributed by atoms with Crippen molar-refractivity contribution in [2.24, 2.45) is 5.92 Å². The van der Waals surface area contributed by atoms with Crippen LogP contribution >= 0.6 is 11.6 Å². The maximum absolute atomic E-state index is 6.00. The highest BCUT2D eigenvalue weighted by Crippen LogP contribution is 2.19. The van der Waals surface area contributed by atoms with Crippen molar-refractivity contribution in [2.75, 3.05) is 13.1 Å². The van der Waals surface area contributed by atoms with Gasteiger partial charge in [0.25, 0.3) is 0 Å². The first kappa shape index (κ1) is 9.03. The number of rotatable bonds is 3. The van der Waals surface area contributed by atoms with Crippen LogP contribution in [0.15, 0.2) is 6.33 Å². The summed E-state index contributed by atoms with van der Waals surface area (Å²) in [7, 11) is 0. The van der Waals surface area contributed by atoms with E-state index in [1.165, 1.54) is 5.69 Å². The van der Waals surface area contributed by atoms with E-state index in [0.717, 1.165) is 32.0 Å². The summed E-state index contributed by atoms with van der Waals surface area (Å²) in [5, 5.41) is 3.93. The van der Waals surface area contributed by atoms with Crippen molar-refractivity contribution in [1.82, 2.24) is 14.9 Å². The van der Waals surface area contributed by atoms with Crippen LogP contribution in [0.1, 0.15) is 12.6 Å². The Labute approximate surface area is 83.1 Å². The zero-order valence-corrected chi connectivity index (χ0v) is 8.51. The van der Waals surface area contributed by atoms with Crippen LogP contribution in [0.2, 0.25) is 5.15 Å². The Kier molecular flexibility index (Phi) is 2.56. The maximum atomic E-state index is 6.00. The SMILES string of the molecule is CCn1cnc(Cl)c1CC1CNC1. The molecule has 0 spiro atoms. The number of nitrogens with zero attached hydrogens (tertiary/aromatic N) is 2. The fourth-order valence-corrected chi connectivity index (χ4v) is 1.85. The average Bonchev–Trinajstić information content (AvgIpc) is 2.39. The van der Waals surface area contributed by atoms with Crippen LogP contribution in [-0.4, -0.2) is 22.6 Å². The predicted molar refractivity (Wildman–Crippen MR) is 53.0 cm³/mol. The van der Waals surface area contributed by atoms with E-state index in [-0.39, 0.29) is 0 Å². The van der Waals surface area contributed by atoms with Crippen molar-refractivity contribution in [3.05, 3.63) is 17.2 Å². The van der Waals surface area contributed by atoms with E-state index in [4.69, 9.17) is 11.6 Å². The van der Waals surface area contributed by atoms with Crippen molar-refractivity contribution in [1.29, 1.82) is 0 Å². The molecule has 0 radical (unpaired) electrons. The molecule has 72 valence electrons. The van der Waals surface area contributed by atoms with Gasteiger partial charge in [-0.2, -0.15) is 0 Å². The van der Waals surface area contributed by atoms with E-state index in [9.17, 15) is 0 Å². The first-order valence-electron chi connectivity index (χ1n) is 4.71. The topological polar surface area (TPSA) is 29.9 Å². The second kappa shape index (κ2) is 3.68. The van der Waals surface area contributed by atoms with Crippen LogP contribution in [0.5, 0.6) is 0 Å². The fraction of sp³-hybridized carbons (Fsp3) is 0.667. The lowest BCUT2D eigenvalue weighted by Gasteiger charge is -2.27. The molecule has 2 rings (SSSR count). The predicted octanol–water partition coefficient (Wildman–Crippen LogP) is 1.32. The van der Waals surface area contributed by atoms with Crippen molar-refractivity contribution < 1.29 is 0 Å². The number of imidazole rings is 1. The summed E-state index contributed by atoms with van der Waals surface area (Å²) in [5.74, 6) is 0.750. The van der Waals surface area contributed by atoms with E-state index >= 15 is 0 Å². The highest BCUT2D eigenvalue weighted by molar-refractivity contribution is 6.30. The third-order valence-electron chi connectivity index (χ3n) is 2.58. The molecule has 1 N–H and O–H groups in total. The van der Waals surface area contributed by atoms with Gasteiger partial charge in [0, 0.05) is 6.54 Å². The maximum Gasteiger partial charge on any atom is 0.150 e. The van der Waals surface area contributed by atoms with E-state index in [1.807, 2.05) is 6.33 Å². The number of hydrogen-bond donors (Lipinski definition) is 1. The molecule has 0 aliphatic carbocycles. The van der Waals surface area contributed by atoms with Gasteiger partial charge in [-0.05, 0) is 32.4 Å². The summed E-state index contributed by atoms with van der Waals surface area (Å²) < 4.78 is 2.13. The normalized spacial score (nSPS) is 17.4. The zero-order chi connectivity index (χ0) is 9.26. The smallest absolute Gasteiger partial charge is 0.150 e. The Hall–Kier alpha value is -0.540. The summed E-state index contributed by atoms with van der Waals surface area (Å²) in [6.07, 6.45) is 2.88. The summed E-state index contributed by atoms with van der Waals surface area (Å²) in [6, 6.07) is 0. The second-order valence-electron chi connectivity index (χ2n) is 3.50. The van der Waals surface area contributed by atoms with Gasteiger partial charge in [-0.15, -0.1) is 0 Å². The third-order valence-corrected chi connectivity index (χ3v) is 2.90. The van der Waals surface area contributed by atoms with Gasteiger partial charge in [0.1, 0.15) is 5.15 Å².